The van der Waals surface area contributed by atoms with Crippen LogP contribution >= 0.6 is 0 Å². The van der Waals surface area contributed by atoms with Crippen LogP contribution in [0.2, 0.25) is 0 Å². The summed E-state index contributed by atoms with van der Waals surface area (Å²) >= 11 is 0. The van der Waals surface area contributed by atoms with Gasteiger partial charge in [-0.1, -0.05) is 0 Å². The maximum absolute atomic E-state index is 12.4. The molecule has 0 atom stereocenters. The van der Waals surface area contributed by atoms with Gasteiger partial charge in [0.05, 0.1) is 26.9 Å². The summed E-state index contributed by atoms with van der Waals surface area (Å²) in [6.07, 6.45) is 1.59. The highest BCUT2D eigenvalue weighted by Gasteiger charge is 2.27. The normalized spacial score (nSPS) is 14.3. The first-order valence-electron chi connectivity index (χ1n) is 7.14. The van der Waals surface area contributed by atoms with Crippen molar-refractivity contribution in [1.29, 1.82) is 0 Å². The van der Waals surface area contributed by atoms with Crippen LogP contribution in [0.3, 0.4) is 0 Å². The highest BCUT2D eigenvalue weighted by atomic mass is 16.5. The molecule has 0 spiro atoms. The van der Waals surface area contributed by atoms with E-state index in [2.05, 4.69) is 0 Å². The summed E-state index contributed by atoms with van der Waals surface area (Å²) < 4.78 is 21.4. The maximum Gasteiger partial charge on any atom is 0.231 e. The Morgan fingerprint density at radius 3 is 2.25 bits per heavy atom. The molecule has 3 rings (SSSR count). The zero-order valence-corrected chi connectivity index (χ0v) is 13.5. The number of carbonyl (C=O) groups is 1. The second-order valence-corrected chi connectivity index (χ2v) is 5.08. The Hall–Kier alpha value is -3.15. The first-order valence-corrected chi connectivity index (χ1v) is 7.14. The molecule has 1 aliphatic heterocycles. The van der Waals surface area contributed by atoms with Gasteiger partial charge in [-0.2, -0.15) is 0 Å². The summed E-state index contributed by atoms with van der Waals surface area (Å²) in [4.78, 5) is 12.4. The van der Waals surface area contributed by atoms with Crippen molar-refractivity contribution in [2.75, 3.05) is 21.3 Å². The molecule has 0 bridgehead atoms. The van der Waals surface area contributed by atoms with Gasteiger partial charge in [-0.25, -0.2) is 0 Å². The number of fused-ring (bicyclic) bond motifs is 1. The number of allylic oxidation sites excluding steroid dienone is 1. The molecule has 2 aromatic carbocycles. The van der Waals surface area contributed by atoms with Crippen molar-refractivity contribution in [3.05, 3.63) is 47.2 Å². The minimum atomic E-state index is -0.251. The molecule has 1 N–H and O–H groups in total. The lowest BCUT2D eigenvalue weighted by Crippen LogP contribution is -1.99. The van der Waals surface area contributed by atoms with Gasteiger partial charge in [-0.3, -0.25) is 4.79 Å². The van der Waals surface area contributed by atoms with Gasteiger partial charge in [0.25, 0.3) is 0 Å². The first-order chi connectivity index (χ1) is 11.6. The molecular formula is C18H16O6. The Morgan fingerprint density at radius 1 is 1.00 bits per heavy atom. The number of phenols is 1. The third-order valence-corrected chi connectivity index (χ3v) is 3.64. The fourth-order valence-corrected chi connectivity index (χ4v) is 2.51. The van der Waals surface area contributed by atoms with Crippen LogP contribution in [0.5, 0.6) is 28.7 Å². The minimum absolute atomic E-state index is 0.0376. The summed E-state index contributed by atoms with van der Waals surface area (Å²) in [5, 5.41) is 9.50. The number of phenolic OH excluding ortho intramolecular Hbond substituents is 1. The molecule has 0 unspecified atom stereocenters. The maximum atomic E-state index is 12.4. The van der Waals surface area contributed by atoms with Crippen LogP contribution < -0.4 is 18.9 Å². The molecule has 0 saturated carbocycles. The Balaban J connectivity index is 2.02. The largest absolute Gasteiger partial charge is 0.508 e. The number of rotatable bonds is 4. The van der Waals surface area contributed by atoms with E-state index in [9.17, 15) is 9.90 Å². The minimum Gasteiger partial charge on any atom is -0.508 e. The standard InChI is InChI=1S/C18H16O6/c1-21-15-7-10(8-16(22-2)18(15)23-3)6-14-17(20)12-5-4-11(19)9-13(12)24-14/h4-9,19H,1-3H3/b14-6+. The van der Waals surface area contributed by atoms with Gasteiger partial charge in [-0.15, -0.1) is 0 Å². The zero-order valence-electron chi connectivity index (χ0n) is 13.5. The van der Waals surface area contributed by atoms with Gasteiger partial charge in [-0.05, 0) is 35.9 Å². The third kappa shape index (κ3) is 2.62. The van der Waals surface area contributed by atoms with Gasteiger partial charge in [0.1, 0.15) is 11.5 Å². The van der Waals surface area contributed by atoms with Crippen LogP contribution in [0.25, 0.3) is 6.08 Å². The van der Waals surface area contributed by atoms with E-state index in [1.165, 1.54) is 39.5 Å². The van der Waals surface area contributed by atoms with Gasteiger partial charge in [0, 0.05) is 6.07 Å². The smallest absolute Gasteiger partial charge is 0.231 e. The predicted molar refractivity (Wildman–Crippen MR) is 87.1 cm³/mol. The lowest BCUT2D eigenvalue weighted by atomic mass is 10.1. The van der Waals surface area contributed by atoms with Crippen LogP contribution in [0.1, 0.15) is 15.9 Å². The summed E-state index contributed by atoms with van der Waals surface area (Å²) in [5.74, 6) is 1.69. The number of hydrogen-bond donors (Lipinski definition) is 1. The molecule has 24 heavy (non-hydrogen) atoms. The average Bonchev–Trinajstić information content (AvgIpc) is 2.88. The lowest BCUT2D eigenvalue weighted by Gasteiger charge is -2.13. The van der Waals surface area contributed by atoms with E-state index < -0.39 is 0 Å². The van der Waals surface area contributed by atoms with E-state index in [0.29, 0.717) is 34.1 Å². The van der Waals surface area contributed by atoms with E-state index in [-0.39, 0.29) is 17.3 Å². The fraction of sp³-hybridized carbons (Fsp3) is 0.167. The van der Waals surface area contributed by atoms with Gasteiger partial charge < -0.3 is 24.1 Å². The Morgan fingerprint density at radius 2 is 1.67 bits per heavy atom. The second kappa shape index (κ2) is 6.16. The second-order valence-electron chi connectivity index (χ2n) is 5.08. The van der Waals surface area contributed by atoms with Crippen molar-refractivity contribution in [2.24, 2.45) is 0 Å². The summed E-state index contributed by atoms with van der Waals surface area (Å²) in [5.41, 5.74) is 1.07. The van der Waals surface area contributed by atoms with Crippen molar-refractivity contribution in [3.8, 4) is 28.7 Å². The molecular weight excluding hydrogens is 312 g/mol. The quantitative estimate of drug-likeness (QED) is 0.870. The number of ether oxygens (including phenoxy) is 4. The molecule has 1 aliphatic rings. The zero-order chi connectivity index (χ0) is 17.3. The molecule has 0 fully saturated rings. The van der Waals surface area contributed by atoms with Crippen molar-refractivity contribution in [3.63, 3.8) is 0 Å². The number of aromatic hydroxyl groups is 1. The molecule has 6 nitrogen and oxygen atoms in total. The Labute approximate surface area is 138 Å². The van der Waals surface area contributed by atoms with E-state index in [1.54, 1.807) is 18.2 Å². The molecule has 6 heteroatoms. The fourth-order valence-electron chi connectivity index (χ4n) is 2.51. The van der Waals surface area contributed by atoms with E-state index in [0.717, 1.165) is 0 Å². The van der Waals surface area contributed by atoms with Crippen molar-refractivity contribution in [1.82, 2.24) is 0 Å². The van der Waals surface area contributed by atoms with Crippen LogP contribution in [0, 0.1) is 0 Å². The number of methoxy groups -OCH3 is 3. The molecule has 0 radical (unpaired) electrons. The molecule has 1 heterocycles. The number of hydrogen-bond acceptors (Lipinski definition) is 6. The van der Waals surface area contributed by atoms with Crippen LogP contribution in [0.15, 0.2) is 36.1 Å². The SMILES string of the molecule is COc1cc(/C=C2/Oc3cc(O)ccc3C2=O)cc(OC)c1OC. The number of ketones is 1. The van der Waals surface area contributed by atoms with Crippen molar-refractivity contribution >= 4 is 11.9 Å². The van der Waals surface area contributed by atoms with Gasteiger partial charge in [0.15, 0.2) is 17.3 Å². The average molecular weight is 328 g/mol. The predicted octanol–water partition coefficient (Wildman–Crippen LogP) is 3.03. The van der Waals surface area contributed by atoms with Gasteiger partial charge >= 0.3 is 0 Å². The molecule has 0 saturated heterocycles. The highest BCUT2D eigenvalue weighted by molar-refractivity contribution is 6.14. The summed E-state index contributed by atoms with van der Waals surface area (Å²) in [7, 11) is 4.55. The van der Waals surface area contributed by atoms with E-state index >= 15 is 0 Å². The molecule has 0 aliphatic carbocycles. The van der Waals surface area contributed by atoms with Crippen LogP contribution in [-0.2, 0) is 0 Å². The number of carbonyl (C=O) groups excluding carboxylic acids is 1. The van der Waals surface area contributed by atoms with Crippen molar-refractivity contribution < 1.29 is 28.8 Å². The number of Topliss-reactive ketones (excluding diaryl/α,β-unsaturated/α-hetero) is 1. The Bertz CT molecular complexity index is 812. The topological polar surface area (TPSA) is 74.2 Å². The third-order valence-electron chi connectivity index (χ3n) is 3.64. The van der Waals surface area contributed by atoms with Crippen molar-refractivity contribution in [2.45, 2.75) is 0 Å². The molecule has 124 valence electrons. The first kappa shape index (κ1) is 15.7. The molecule has 0 amide bonds. The van der Waals surface area contributed by atoms with E-state index in [4.69, 9.17) is 18.9 Å². The van der Waals surface area contributed by atoms with Gasteiger partial charge in [0.2, 0.25) is 11.5 Å². The molecule has 2 aromatic rings. The van der Waals surface area contributed by atoms with Crippen LogP contribution in [0.4, 0.5) is 0 Å². The lowest BCUT2D eigenvalue weighted by molar-refractivity contribution is 0.101. The number of benzene rings is 2. The molecule has 0 aromatic heterocycles. The summed E-state index contributed by atoms with van der Waals surface area (Å²) in [6, 6.07) is 7.81. The summed E-state index contributed by atoms with van der Waals surface area (Å²) in [6.45, 7) is 0. The van der Waals surface area contributed by atoms with E-state index in [1.807, 2.05) is 0 Å². The van der Waals surface area contributed by atoms with Crippen LogP contribution in [-0.4, -0.2) is 32.2 Å². The Kier molecular flexibility index (Phi) is 4.04. The monoisotopic (exact) mass is 328 g/mol. The highest BCUT2D eigenvalue weighted by Crippen LogP contribution is 2.40.